The second kappa shape index (κ2) is 7.70. The van der Waals surface area contributed by atoms with Crippen molar-refractivity contribution in [2.45, 2.75) is 13.5 Å². The van der Waals surface area contributed by atoms with Crippen LogP contribution in [0, 0.1) is 0 Å². The largest absolute Gasteiger partial charge is 0.392 e. The lowest BCUT2D eigenvalue weighted by Gasteiger charge is -2.11. The average Bonchev–Trinajstić information content (AvgIpc) is 3.43. The Hall–Kier alpha value is -3.96. The molecule has 0 bridgehead atoms. The van der Waals surface area contributed by atoms with Crippen molar-refractivity contribution < 1.29 is 5.11 Å². The van der Waals surface area contributed by atoms with E-state index in [0.717, 1.165) is 55.5 Å². The number of hydrogen-bond donors (Lipinski definition) is 3. The Morgan fingerprint density at radius 3 is 2.74 bits per heavy atom. The lowest BCUT2D eigenvalue weighted by atomic mass is 9.93. The molecule has 152 valence electrons. The van der Waals surface area contributed by atoms with Crippen molar-refractivity contribution in [3.8, 4) is 11.5 Å². The van der Waals surface area contributed by atoms with Gasteiger partial charge in [0.15, 0.2) is 5.82 Å². The first-order valence-electron chi connectivity index (χ1n) is 10.2. The summed E-state index contributed by atoms with van der Waals surface area (Å²) in [7, 11) is 0. The van der Waals surface area contributed by atoms with E-state index in [2.05, 4.69) is 52.1 Å². The smallest absolute Gasteiger partial charge is 0.159 e. The number of para-hydroxylation sites is 1. The topological polar surface area (TPSA) is 77.6 Å². The van der Waals surface area contributed by atoms with E-state index in [1.165, 1.54) is 0 Å². The molecule has 2 aromatic heterocycles. The summed E-state index contributed by atoms with van der Waals surface area (Å²) in [5, 5.41) is 18.3. The van der Waals surface area contributed by atoms with Crippen molar-refractivity contribution in [3.05, 3.63) is 95.6 Å². The zero-order chi connectivity index (χ0) is 21.4. The number of rotatable bonds is 5. The highest BCUT2D eigenvalue weighted by Crippen LogP contribution is 2.32. The fourth-order valence-electron chi connectivity index (χ4n) is 4.09. The third kappa shape index (κ3) is 3.16. The monoisotopic (exact) mass is 406 g/mol. The molecule has 3 aromatic carbocycles. The van der Waals surface area contributed by atoms with Crippen molar-refractivity contribution in [1.29, 1.82) is 0 Å². The molecule has 0 saturated carbocycles. The normalized spacial score (nSPS) is 12.0. The number of nitrogens with zero attached hydrogens (tertiary/aromatic N) is 2. The van der Waals surface area contributed by atoms with Gasteiger partial charge in [-0.3, -0.25) is 5.10 Å². The van der Waals surface area contributed by atoms with Gasteiger partial charge in [0.2, 0.25) is 0 Å². The molecule has 0 amide bonds. The number of aliphatic hydroxyl groups is 1. The van der Waals surface area contributed by atoms with Crippen molar-refractivity contribution in [1.82, 2.24) is 20.2 Å². The van der Waals surface area contributed by atoms with Crippen LogP contribution in [0.1, 0.15) is 29.2 Å². The van der Waals surface area contributed by atoms with Crippen molar-refractivity contribution in [2.75, 3.05) is 0 Å². The first kappa shape index (κ1) is 19.0. The first-order chi connectivity index (χ1) is 15.2. The number of aromatic amines is 2. The molecule has 31 heavy (non-hydrogen) atoms. The number of imidazole rings is 1. The maximum absolute atomic E-state index is 9.63. The Morgan fingerprint density at radius 1 is 1.06 bits per heavy atom. The van der Waals surface area contributed by atoms with E-state index in [1.807, 2.05) is 49.4 Å². The van der Waals surface area contributed by atoms with Crippen LogP contribution in [0.15, 0.2) is 73.3 Å². The van der Waals surface area contributed by atoms with Crippen LogP contribution in [-0.2, 0) is 6.61 Å². The Morgan fingerprint density at radius 2 is 1.94 bits per heavy atom. The molecular formula is C26H22N4O. The van der Waals surface area contributed by atoms with Crippen LogP contribution in [0.4, 0.5) is 0 Å². The minimum absolute atomic E-state index is 0.0551. The van der Waals surface area contributed by atoms with Crippen LogP contribution < -0.4 is 0 Å². The van der Waals surface area contributed by atoms with Gasteiger partial charge in [-0.2, -0.15) is 5.10 Å². The molecule has 5 heteroatoms. The standard InChI is InChI=1S/C26H22N4O/c1-3-16-8-5-6-10-20(16)19(4-2)17-12-13-22-21(14-17)25(30-29-22)26-27-23-11-7-9-18(15-31)24(23)28-26/h3-14,31H,1,15H2,2H3,(H,27,28)(H,29,30)/b19-4-. The number of H-pyrrole nitrogens is 2. The van der Waals surface area contributed by atoms with E-state index in [-0.39, 0.29) is 6.61 Å². The SMILES string of the molecule is C=Cc1ccccc1/C(=C\C)c1ccc2[nH]nc(-c3nc4c(CO)cccc4[nH]3)c2c1. The molecule has 0 aliphatic heterocycles. The molecule has 5 rings (SSSR count). The Bertz CT molecular complexity index is 1460. The van der Waals surface area contributed by atoms with Gasteiger partial charge < -0.3 is 10.1 Å². The highest BCUT2D eigenvalue weighted by molar-refractivity contribution is 5.97. The number of hydrogen-bond acceptors (Lipinski definition) is 3. The summed E-state index contributed by atoms with van der Waals surface area (Å²) in [5.41, 5.74) is 8.59. The van der Waals surface area contributed by atoms with Crippen LogP contribution in [0.25, 0.3) is 45.1 Å². The average molecular weight is 406 g/mol. The molecule has 2 heterocycles. The maximum atomic E-state index is 9.63. The summed E-state index contributed by atoms with van der Waals surface area (Å²) in [6, 6.07) is 20.3. The third-order valence-corrected chi connectivity index (χ3v) is 5.62. The van der Waals surface area contributed by atoms with E-state index in [4.69, 9.17) is 4.98 Å². The lowest BCUT2D eigenvalue weighted by Crippen LogP contribution is -1.91. The van der Waals surface area contributed by atoms with Crippen molar-refractivity contribution >= 4 is 33.6 Å². The molecule has 0 radical (unpaired) electrons. The van der Waals surface area contributed by atoms with E-state index >= 15 is 0 Å². The molecule has 0 spiro atoms. The zero-order valence-corrected chi connectivity index (χ0v) is 17.2. The Kier molecular flexibility index (Phi) is 4.73. The highest BCUT2D eigenvalue weighted by atomic mass is 16.3. The predicted octanol–water partition coefficient (Wildman–Crippen LogP) is 5.69. The third-order valence-electron chi connectivity index (χ3n) is 5.62. The lowest BCUT2D eigenvalue weighted by molar-refractivity contribution is 0.283. The maximum Gasteiger partial charge on any atom is 0.159 e. The van der Waals surface area contributed by atoms with Gasteiger partial charge >= 0.3 is 0 Å². The quantitative estimate of drug-likeness (QED) is 0.351. The summed E-state index contributed by atoms with van der Waals surface area (Å²) in [4.78, 5) is 8.08. The van der Waals surface area contributed by atoms with Gasteiger partial charge in [-0.15, -0.1) is 0 Å². The van der Waals surface area contributed by atoms with Crippen molar-refractivity contribution in [2.24, 2.45) is 0 Å². The van der Waals surface area contributed by atoms with Gasteiger partial charge in [-0.05, 0) is 47.4 Å². The molecule has 5 aromatic rings. The predicted molar refractivity (Wildman–Crippen MR) is 126 cm³/mol. The fourth-order valence-corrected chi connectivity index (χ4v) is 4.09. The summed E-state index contributed by atoms with van der Waals surface area (Å²) in [6.45, 7) is 5.95. The second-order valence-electron chi connectivity index (χ2n) is 7.38. The first-order valence-corrected chi connectivity index (χ1v) is 10.2. The van der Waals surface area contributed by atoms with E-state index in [9.17, 15) is 5.11 Å². The van der Waals surface area contributed by atoms with Crippen LogP contribution >= 0.6 is 0 Å². The number of fused-ring (bicyclic) bond motifs is 2. The Balaban J connectivity index is 1.66. The molecule has 0 unspecified atom stereocenters. The van der Waals surface area contributed by atoms with Crippen molar-refractivity contribution in [3.63, 3.8) is 0 Å². The zero-order valence-electron chi connectivity index (χ0n) is 17.2. The number of aliphatic hydroxyl groups excluding tert-OH is 1. The van der Waals surface area contributed by atoms with E-state index in [1.54, 1.807) is 0 Å². The second-order valence-corrected chi connectivity index (χ2v) is 7.38. The summed E-state index contributed by atoms with van der Waals surface area (Å²) in [5.74, 6) is 0.674. The summed E-state index contributed by atoms with van der Waals surface area (Å²) < 4.78 is 0. The molecule has 0 aliphatic carbocycles. The molecule has 0 saturated heterocycles. The minimum atomic E-state index is -0.0551. The number of allylic oxidation sites excluding steroid dienone is 1. The van der Waals surface area contributed by atoms with E-state index < -0.39 is 0 Å². The highest BCUT2D eigenvalue weighted by Gasteiger charge is 2.16. The molecule has 0 atom stereocenters. The number of benzene rings is 3. The molecule has 5 nitrogen and oxygen atoms in total. The number of aromatic nitrogens is 4. The molecular weight excluding hydrogens is 384 g/mol. The molecule has 0 aliphatic rings. The summed E-state index contributed by atoms with van der Waals surface area (Å²) in [6.07, 6.45) is 4.01. The summed E-state index contributed by atoms with van der Waals surface area (Å²) >= 11 is 0. The van der Waals surface area contributed by atoms with Gasteiger partial charge in [-0.25, -0.2) is 4.98 Å². The van der Waals surface area contributed by atoms with E-state index in [0.29, 0.717) is 5.82 Å². The fraction of sp³-hybridized carbons (Fsp3) is 0.0769. The van der Waals surface area contributed by atoms with Gasteiger partial charge in [0.25, 0.3) is 0 Å². The molecule has 0 fully saturated rings. The van der Waals surface area contributed by atoms with Gasteiger partial charge in [0.1, 0.15) is 5.69 Å². The van der Waals surface area contributed by atoms with Crippen LogP contribution in [0.3, 0.4) is 0 Å². The van der Waals surface area contributed by atoms with Crippen LogP contribution in [0.2, 0.25) is 0 Å². The Labute approximate surface area is 179 Å². The van der Waals surface area contributed by atoms with Crippen LogP contribution in [0.5, 0.6) is 0 Å². The number of nitrogens with one attached hydrogen (secondary N) is 2. The van der Waals surface area contributed by atoms with Gasteiger partial charge in [0.05, 0.1) is 23.2 Å². The van der Waals surface area contributed by atoms with Gasteiger partial charge in [0, 0.05) is 10.9 Å². The minimum Gasteiger partial charge on any atom is -0.392 e. The molecule has 3 N–H and O–H groups in total. The van der Waals surface area contributed by atoms with Gasteiger partial charge in [-0.1, -0.05) is 61.2 Å². The van der Waals surface area contributed by atoms with Crippen LogP contribution in [-0.4, -0.2) is 25.3 Å².